The van der Waals surface area contributed by atoms with Gasteiger partial charge in [-0.2, -0.15) is 0 Å². The van der Waals surface area contributed by atoms with Crippen LogP contribution < -0.4 is 16.6 Å². The Bertz CT molecular complexity index is 394. The van der Waals surface area contributed by atoms with Gasteiger partial charge in [0.05, 0.1) is 17.4 Å². The van der Waals surface area contributed by atoms with Crippen molar-refractivity contribution in [2.45, 2.75) is 19.9 Å². The highest BCUT2D eigenvalue weighted by Gasteiger charge is 2.10. The van der Waals surface area contributed by atoms with Gasteiger partial charge in [0.25, 0.3) is 5.91 Å². The number of amides is 1. The normalized spacial score (nSPS) is 10.8. The fraction of sp³-hybridized carbons (Fsp3) is 0.500. The largest absolute Gasteiger partial charge is 0.351 e. The lowest BCUT2D eigenvalue weighted by Crippen LogP contribution is -2.36. The first-order chi connectivity index (χ1) is 8.56. The van der Waals surface area contributed by atoms with Gasteiger partial charge in [0.15, 0.2) is 0 Å². The first-order valence-corrected chi connectivity index (χ1v) is 5.95. The summed E-state index contributed by atoms with van der Waals surface area (Å²) in [4.78, 5) is 18.0. The van der Waals surface area contributed by atoms with E-state index in [4.69, 9.17) is 5.84 Å². The van der Waals surface area contributed by atoms with Crippen LogP contribution >= 0.6 is 0 Å². The molecule has 1 rings (SSSR count). The van der Waals surface area contributed by atoms with Crippen molar-refractivity contribution in [1.82, 2.24) is 15.2 Å². The van der Waals surface area contributed by atoms with Crippen LogP contribution in [-0.4, -0.2) is 42.0 Å². The topological polar surface area (TPSA) is 83.3 Å². The Morgan fingerprint density at radius 3 is 2.89 bits per heavy atom. The summed E-state index contributed by atoms with van der Waals surface area (Å²) in [5, 5.41) is 2.86. The molecule has 1 heterocycles. The molecule has 0 aliphatic rings. The van der Waals surface area contributed by atoms with Crippen LogP contribution in [0.25, 0.3) is 0 Å². The highest BCUT2D eigenvalue weighted by Crippen LogP contribution is 2.10. The van der Waals surface area contributed by atoms with Gasteiger partial charge in [0.1, 0.15) is 0 Å². The lowest BCUT2D eigenvalue weighted by molar-refractivity contribution is 0.0948. The number of nitrogen functional groups attached to an aromatic ring is 1. The number of nitrogens with one attached hydrogen (secondary N) is 2. The molecule has 0 aromatic carbocycles. The zero-order valence-electron chi connectivity index (χ0n) is 11.1. The van der Waals surface area contributed by atoms with Gasteiger partial charge in [-0.3, -0.25) is 15.6 Å². The maximum Gasteiger partial charge on any atom is 0.253 e. The monoisotopic (exact) mass is 251 g/mol. The Labute approximate surface area is 108 Å². The van der Waals surface area contributed by atoms with Crippen LogP contribution in [0.2, 0.25) is 0 Å². The van der Waals surface area contributed by atoms with Gasteiger partial charge >= 0.3 is 0 Å². The summed E-state index contributed by atoms with van der Waals surface area (Å²) in [5.74, 6) is 5.18. The molecule has 1 amide bonds. The molecule has 0 fully saturated rings. The van der Waals surface area contributed by atoms with Gasteiger partial charge < -0.3 is 15.6 Å². The quantitative estimate of drug-likeness (QED) is 0.504. The average molecular weight is 251 g/mol. The summed E-state index contributed by atoms with van der Waals surface area (Å²) in [6.45, 7) is 5.63. The van der Waals surface area contributed by atoms with Gasteiger partial charge in [-0.25, -0.2) is 0 Å². The van der Waals surface area contributed by atoms with Crippen molar-refractivity contribution in [1.29, 1.82) is 0 Å². The van der Waals surface area contributed by atoms with Crippen LogP contribution in [0.15, 0.2) is 18.5 Å². The van der Waals surface area contributed by atoms with Crippen LogP contribution in [-0.2, 0) is 0 Å². The minimum absolute atomic E-state index is 0.150. The van der Waals surface area contributed by atoms with Gasteiger partial charge in [0.2, 0.25) is 0 Å². The van der Waals surface area contributed by atoms with E-state index in [2.05, 4.69) is 34.5 Å². The number of nitrogens with two attached hydrogens (primary N) is 1. The van der Waals surface area contributed by atoms with E-state index < -0.39 is 0 Å². The molecule has 6 nitrogen and oxygen atoms in total. The third-order valence-electron chi connectivity index (χ3n) is 2.85. The maximum absolute atomic E-state index is 11.9. The Balaban J connectivity index is 2.50. The van der Waals surface area contributed by atoms with E-state index in [1.165, 1.54) is 6.20 Å². The van der Waals surface area contributed by atoms with Gasteiger partial charge in [-0.1, -0.05) is 0 Å². The molecule has 0 saturated carbocycles. The van der Waals surface area contributed by atoms with Crippen molar-refractivity contribution >= 4 is 11.6 Å². The van der Waals surface area contributed by atoms with Crippen molar-refractivity contribution in [2.75, 3.05) is 25.6 Å². The second-order valence-corrected chi connectivity index (χ2v) is 4.40. The minimum atomic E-state index is -0.150. The van der Waals surface area contributed by atoms with E-state index in [0.717, 1.165) is 6.54 Å². The van der Waals surface area contributed by atoms with Gasteiger partial charge in [-0.05, 0) is 27.0 Å². The number of carbonyl (C=O) groups is 1. The van der Waals surface area contributed by atoms with Crippen molar-refractivity contribution in [3.05, 3.63) is 24.0 Å². The third kappa shape index (κ3) is 3.97. The van der Waals surface area contributed by atoms with E-state index in [0.29, 0.717) is 23.8 Å². The molecule has 0 unspecified atom stereocenters. The standard InChI is InChI=1S/C12H21N5O/c1-9(2)17(3)7-6-15-12(18)10-4-5-14-8-11(10)16-13/h4-5,8-9,16H,6-7,13H2,1-3H3,(H,15,18). The SMILES string of the molecule is CC(C)N(C)CCNC(=O)c1ccncc1NN. The summed E-state index contributed by atoms with van der Waals surface area (Å²) in [6, 6.07) is 2.10. The van der Waals surface area contributed by atoms with Crippen LogP contribution in [0.4, 0.5) is 5.69 Å². The number of aromatic nitrogens is 1. The second kappa shape index (κ2) is 6.93. The lowest BCUT2D eigenvalue weighted by Gasteiger charge is -2.21. The maximum atomic E-state index is 11.9. The van der Waals surface area contributed by atoms with Crippen molar-refractivity contribution in [3.8, 4) is 0 Å². The van der Waals surface area contributed by atoms with Gasteiger partial charge in [-0.15, -0.1) is 0 Å². The van der Waals surface area contributed by atoms with E-state index >= 15 is 0 Å². The molecule has 0 radical (unpaired) electrons. The second-order valence-electron chi connectivity index (χ2n) is 4.40. The Hall–Kier alpha value is -1.66. The van der Waals surface area contributed by atoms with Gasteiger partial charge in [0, 0.05) is 25.3 Å². The van der Waals surface area contributed by atoms with E-state index in [1.807, 2.05) is 7.05 Å². The summed E-state index contributed by atoms with van der Waals surface area (Å²) >= 11 is 0. The fourth-order valence-corrected chi connectivity index (χ4v) is 1.41. The molecule has 0 spiro atoms. The molecule has 1 aromatic heterocycles. The Morgan fingerprint density at radius 1 is 1.56 bits per heavy atom. The van der Waals surface area contributed by atoms with Crippen molar-refractivity contribution in [3.63, 3.8) is 0 Å². The highest BCUT2D eigenvalue weighted by molar-refractivity contribution is 5.99. The third-order valence-corrected chi connectivity index (χ3v) is 2.85. The molecule has 0 aliphatic heterocycles. The minimum Gasteiger partial charge on any atom is -0.351 e. The van der Waals surface area contributed by atoms with E-state index in [-0.39, 0.29) is 5.91 Å². The number of anilines is 1. The smallest absolute Gasteiger partial charge is 0.253 e. The van der Waals surface area contributed by atoms with Crippen molar-refractivity contribution < 1.29 is 4.79 Å². The summed E-state index contributed by atoms with van der Waals surface area (Å²) in [5.41, 5.74) is 3.48. The Kier molecular flexibility index (Phi) is 5.54. The molecule has 0 atom stereocenters. The molecule has 6 heteroatoms. The van der Waals surface area contributed by atoms with Crippen LogP contribution in [0.3, 0.4) is 0 Å². The molecule has 0 bridgehead atoms. The number of rotatable bonds is 6. The molecule has 18 heavy (non-hydrogen) atoms. The first-order valence-electron chi connectivity index (χ1n) is 5.95. The molecule has 0 saturated heterocycles. The summed E-state index contributed by atoms with van der Waals surface area (Å²) in [6.07, 6.45) is 3.09. The number of pyridine rings is 1. The molecule has 100 valence electrons. The number of carbonyl (C=O) groups excluding carboxylic acids is 1. The summed E-state index contributed by atoms with van der Waals surface area (Å²) < 4.78 is 0. The highest BCUT2D eigenvalue weighted by atomic mass is 16.1. The fourth-order valence-electron chi connectivity index (χ4n) is 1.41. The zero-order valence-corrected chi connectivity index (χ0v) is 11.1. The molecular formula is C12H21N5O. The van der Waals surface area contributed by atoms with Crippen molar-refractivity contribution in [2.24, 2.45) is 5.84 Å². The first kappa shape index (κ1) is 14.4. The number of hydrogen-bond donors (Lipinski definition) is 3. The van der Waals surface area contributed by atoms with Crippen LogP contribution in [0.5, 0.6) is 0 Å². The summed E-state index contributed by atoms with van der Waals surface area (Å²) in [7, 11) is 2.02. The molecule has 0 aliphatic carbocycles. The predicted molar refractivity (Wildman–Crippen MR) is 72.1 cm³/mol. The van der Waals surface area contributed by atoms with Crippen LogP contribution in [0, 0.1) is 0 Å². The molecule has 1 aromatic rings. The van der Waals surface area contributed by atoms with E-state index in [9.17, 15) is 4.79 Å². The predicted octanol–water partition coefficient (Wildman–Crippen LogP) is 0.437. The Morgan fingerprint density at radius 2 is 2.28 bits per heavy atom. The van der Waals surface area contributed by atoms with Crippen LogP contribution in [0.1, 0.15) is 24.2 Å². The number of likely N-dealkylation sites (N-methyl/N-ethyl adjacent to an activating group) is 1. The molecular weight excluding hydrogens is 230 g/mol. The van der Waals surface area contributed by atoms with E-state index in [1.54, 1.807) is 12.3 Å². The number of hydrazine groups is 1. The number of hydrogen-bond acceptors (Lipinski definition) is 5. The lowest BCUT2D eigenvalue weighted by atomic mass is 10.2. The zero-order chi connectivity index (χ0) is 13.5. The average Bonchev–Trinajstić information content (AvgIpc) is 2.38. The number of nitrogens with zero attached hydrogens (tertiary/aromatic N) is 2. The molecule has 4 N–H and O–H groups in total.